The average Bonchev–Trinajstić information content (AvgIpc) is 3.06. The lowest BCUT2D eigenvalue weighted by molar-refractivity contribution is 0.153. The van der Waals surface area contributed by atoms with Crippen molar-refractivity contribution in [2.24, 2.45) is 4.99 Å². The van der Waals surface area contributed by atoms with Crippen LogP contribution in [0.1, 0.15) is 24.0 Å². The fourth-order valence-electron chi connectivity index (χ4n) is 3.32. The van der Waals surface area contributed by atoms with Crippen LogP contribution < -0.4 is 10.6 Å². The van der Waals surface area contributed by atoms with Crippen molar-refractivity contribution in [3.05, 3.63) is 47.2 Å². The molecule has 3 rings (SSSR count). The van der Waals surface area contributed by atoms with Gasteiger partial charge in [-0.05, 0) is 43.4 Å². The van der Waals surface area contributed by atoms with Crippen molar-refractivity contribution in [2.45, 2.75) is 26.2 Å². The number of aromatic nitrogens is 1. The van der Waals surface area contributed by atoms with Crippen molar-refractivity contribution in [2.75, 3.05) is 33.4 Å². The summed E-state index contributed by atoms with van der Waals surface area (Å²) in [4.78, 5) is 7.67. The molecule has 1 aliphatic rings. The summed E-state index contributed by atoms with van der Waals surface area (Å²) in [5, 5.41) is 8.15. The molecule has 0 saturated carbocycles. The summed E-state index contributed by atoms with van der Waals surface area (Å²) in [5.74, 6) is 0.865. The predicted octanol–water partition coefficient (Wildman–Crippen LogP) is 2.92. The van der Waals surface area contributed by atoms with Crippen LogP contribution in [0.2, 0.25) is 0 Å². The van der Waals surface area contributed by atoms with Gasteiger partial charge in [-0.15, -0.1) is 0 Å². The summed E-state index contributed by atoms with van der Waals surface area (Å²) in [7, 11) is 1.82. The monoisotopic (exact) mass is 340 g/mol. The number of ether oxygens (including phenoxy) is 1. The Kier molecular flexibility index (Phi) is 6.12. The van der Waals surface area contributed by atoms with Crippen molar-refractivity contribution in [1.29, 1.82) is 0 Å². The van der Waals surface area contributed by atoms with Crippen LogP contribution in [0.25, 0.3) is 10.9 Å². The van der Waals surface area contributed by atoms with Gasteiger partial charge in [0.2, 0.25) is 0 Å². The molecule has 1 aliphatic heterocycles. The van der Waals surface area contributed by atoms with Crippen LogP contribution in [-0.2, 0) is 11.2 Å². The van der Waals surface area contributed by atoms with Gasteiger partial charge in [-0.2, -0.15) is 0 Å². The molecule has 0 atom stereocenters. The van der Waals surface area contributed by atoms with Crippen LogP contribution in [0.15, 0.2) is 41.0 Å². The number of nitrogens with zero attached hydrogens (tertiary/aromatic N) is 1. The summed E-state index contributed by atoms with van der Waals surface area (Å²) in [6.45, 7) is 5.53. The molecule has 1 aromatic carbocycles. The first-order chi connectivity index (χ1) is 12.3. The van der Waals surface area contributed by atoms with Crippen LogP contribution in [-0.4, -0.2) is 44.3 Å². The summed E-state index contributed by atoms with van der Waals surface area (Å²) in [6, 6.07) is 6.39. The molecule has 0 saturated heterocycles. The maximum atomic E-state index is 5.34. The van der Waals surface area contributed by atoms with Gasteiger partial charge >= 0.3 is 0 Å². The summed E-state index contributed by atoms with van der Waals surface area (Å²) in [5.41, 5.74) is 5.36. The second-order valence-electron chi connectivity index (χ2n) is 6.42. The molecule has 3 N–H and O–H groups in total. The Morgan fingerprint density at radius 1 is 1.24 bits per heavy atom. The molecule has 5 nitrogen and oxygen atoms in total. The third-order valence-electron chi connectivity index (χ3n) is 4.70. The SMILES string of the molecule is CN=C(NCCC1=CCOCC1)NCCc1c[nH]c2cccc(C)c12. The van der Waals surface area contributed by atoms with Crippen molar-refractivity contribution in [3.8, 4) is 0 Å². The molecule has 0 unspecified atom stereocenters. The molecule has 0 bridgehead atoms. The molecule has 0 fully saturated rings. The van der Waals surface area contributed by atoms with E-state index in [1.807, 2.05) is 7.05 Å². The van der Waals surface area contributed by atoms with Gasteiger partial charge in [0.1, 0.15) is 0 Å². The molecule has 0 radical (unpaired) electrons. The van der Waals surface area contributed by atoms with Crippen LogP contribution >= 0.6 is 0 Å². The minimum atomic E-state index is 0.756. The minimum Gasteiger partial charge on any atom is -0.377 e. The lowest BCUT2D eigenvalue weighted by atomic mass is 10.1. The number of fused-ring (bicyclic) bond motifs is 1. The van der Waals surface area contributed by atoms with E-state index in [1.54, 1.807) is 0 Å². The molecule has 2 aromatic rings. The molecule has 1 aromatic heterocycles. The topological polar surface area (TPSA) is 61.4 Å². The number of aryl methyl sites for hydroxylation is 1. The molecule has 25 heavy (non-hydrogen) atoms. The molecule has 0 spiro atoms. The van der Waals surface area contributed by atoms with Gasteiger partial charge in [-0.25, -0.2) is 0 Å². The van der Waals surface area contributed by atoms with Crippen molar-refractivity contribution >= 4 is 16.9 Å². The first kappa shape index (κ1) is 17.5. The van der Waals surface area contributed by atoms with E-state index in [0.717, 1.165) is 51.5 Å². The first-order valence-electron chi connectivity index (χ1n) is 9.03. The zero-order chi connectivity index (χ0) is 17.5. The molecular weight excluding hydrogens is 312 g/mol. The van der Waals surface area contributed by atoms with Crippen LogP contribution in [0.5, 0.6) is 0 Å². The molecule has 0 amide bonds. The van der Waals surface area contributed by atoms with Gasteiger partial charge in [-0.3, -0.25) is 4.99 Å². The standard InChI is InChI=1S/C20H28N4O/c1-15-4-3-5-18-19(15)17(14-24-18)7-11-23-20(21-2)22-10-6-16-8-12-25-13-9-16/h3-5,8,14,24H,6-7,9-13H2,1-2H3,(H2,21,22,23). The lowest BCUT2D eigenvalue weighted by Crippen LogP contribution is -2.38. The third-order valence-corrected chi connectivity index (χ3v) is 4.70. The lowest BCUT2D eigenvalue weighted by Gasteiger charge is -2.15. The number of aromatic amines is 1. The maximum Gasteiger partial charge on any atom is 0.190 e. The highest BCUT2D eigenvalue weighted by Crippen LogP contribution is 2.22. The quantitative estimate of drug-likeness (QED) is 0.430. The number of nitrogens with one attached hydrogen (secondary N) is 3. The van der Waals surface area contributed by atoms with Gasteiger partial charge < -0.3 is 20.4 Å². The highest BCUT2D eigenvalue weighted by molar-refractivity contribution is 5.86. The van der Waals surface area contributed by atoms with Crippen molar-refractivity contribution in [1.82, 2.24) is 15.6 Å². The fraction of sp³-hybridized carbons (Fsp3) is 0.450. The van der Waals surface area contributed by atoms with Crippen molar-refractivity contribution < 1.29 is 4.74 Å². The van der Waals surface area contributed by atoms with E-state index in [0.29, 0.717) is 0 Å². The van der Waals surface area contributed by atoms with Crippen LogP contribution in [0.3, 0.4) is 0 Å². The Hall–Kier alpha value is -2.27. The second-order valence-corrected chi connectivity index (χ2v) is 6.42. The number of rotatable bonds is 6. The van der Waals surface area contributed by atoms with E-state index in [9.17, 15) is 0 Å². The Bertz CT molecular complexity index is 760. The first-order valence-corrected chi connectivity index (χ1v) is 9.03. The number of guanidine groups is 1. The third kappa shape index (κ3) is 4.63. The Labute approximate surface area is 149 Å². The number of aliphatic imine (C=N–C) groups is 1. The normalized spacial score (nSPS) is 15.3. The largest absolute Gasteiger partial charge is 0.377 e. The molecule has 2 heterocycles. The van der Waals surface area contributed by atoms with Crippen LogP contribution in [0, 0.1) is 6.92 Å². The fourth-order valence-corrected chi connectivity index (χ4v) is 3.32. The Morgan fingerprint density at radius 2 is 2.08 bits per heavy atom. The van der Waals surface area contributed by atoms with E-state index in [2.05, 4.69) is 58.0 Å². The summed E-state index contributed by atoms with van der Waals surface area (Å²) < 4.78 is 5.34. The van der Waals surface area contributed by atoms with E-state index in [4.69, 9.17) is 4.74 Å². The number of hydrogen-bond acceptors (Lipinski definition) is 2. The van der Waals surface area contributed by atoms with E-state index in [1.165, 1.54) is 27.6 Å². The second kappa shape index (κ2) is 8.72. The zero-order valence-electron chi connectivity index (χ0n) is 15.2. The van der Waals surface area contributed by atoms with E-state index >= 15 is 0 Å². The van der Waals surface area contributed by atoms with Gasteiger partial charge in [-0.1, -0.05) is 23.8 Å². The van der Waals surface area contributed by atoms with Gasteiger partial charge in [0, 0.05) is 37.2 Å². The van der Waals surface area contributed by atoms with Crippen LogP contribution in [0.4, 0.5) is 0 Å². The molecular formula is C20H28N4O. The number of H-pyrrole nitrogens is 1. The highest BCUT2D eigenvalue weighted by atomic mass is 16.5. The van der Waals surface area contributed by atoms with Gasteiger partial charge in [0.05, 0.1) is 13.2 Å². The predicted molar refractivity (Wildman–Crippen MR) is 104 cm³/mol. The summed E-state index contributed by atoms with van der Waals surface area (Å²) >= 11 is 0. The molecule has 0 aliphatic carbocycles. The maximum absolute atomic E-state index is 5.34. The van der Waals surface area contributed by atoms with Crippen molar-refractivity contribution in [3.63, 3.8) is 0 Å². The van der Waals surface area contributed by atoms with Gasteiger partial charge in [0.25, 0.3) is 0 Å². The minimum absolute atomic E-state index is 0.756. The van der Waals surface area contributed by atoms with Gasteiger partial charge in [0.15, 0.2) is 5.96 Å². The molecule has 5 heteroatoms. The highest BCUT2D eigenvalue weighted by Gasteiger charge is 2.07. The smallest absolute Gasteiger partial charge is 0.190 e. The van der Waals surface area contributed by atoms with E-state index in [-0.39, 0.29) is 0 Å². The number of benzene rings is 1. The average molecular weight is 340 g/mol. The number of hydrogen-bond donors (Lipinski definition) is 3. The zero-order valence-corrected chi connectivity index (χ0v) is 15.2. The Balaban J connectivity index is 1.45. The van der Waals surface area contributed by atoms with E-state index < -0.39 is 0 Å². The molecule has 134 valence electrons. The Morgan fingerprint density at radius 3 is 2.84 bits per heavy atom. The summed E-state index contributed by atoms with van der Waals surface area (Å²) in [6.07, 6.45) is 7.38.